The minimum atomic E-state index is 0. The SMILES string of the molecule is CCCCCCCCCCCCCCCCCC(=N)N(C)C.Cl. The molecule has 0 amide bonds. The molecule has 0 bridgehead atoms. The second-order valence-electron chi connectivity index (χ2n) is 7.04. The van der Waals surface area contributed by atoms with E-state index in [0.29, 0.717) is 0 Å². The quantitative estimate of drug-likeness (QED) is 0.178. The van der Waals surface area contributed by atoms with Gasteiger partial charge in [0.15, 0.2) is 0 Å². The Morgan fingerprint density at radius 1 is 0.609 bits per heavy atom. The number of unbranched alkanes of at least 4 members (excludes halogenated alkanes) is 14. The lowest BCUT2D eigenvalue weighted by Gasteiger charge is -2.12. The van der Waals surface area contributed by atoms with Crippen molar-refractivity contribution in [2.75, 3.05) is 14.1 Å². The number of nitrogens with one attached hydrogen (secondary N) is 1. The molecule has 23 heavy (non-hydrogen) atoms. The van der Waals surface area contributed by atoms with Gasteiger partial charge in [0.2, 0.25) is 0 Å². The predicted molar refractivity (Wildman–Crippen MR) is 108 cm³/mol. The van der Waals surface area contributed by atoms with Crippen molar-refractivity contribution in [3.8, 4) is 0 Å². The van der Waals surface area contributed by atoms with E-state index in [0.717, 1.165) is 12.3 Å². The Morgan fingerprint density at radius 2 is 0.913 bits per heavy atom. The predicted octanol–water partition coefficient (Wildman–Crippen LogP) is 7.21. The topological polar surface area (TPSA) is 27.1 Å². The molecule has 0 spiro atoms. The lowest BCUT2D eigenvalue weighted by molar-refractivity contribution is 0.530. The van der Waals surface area contributed by atoms with E-state index in [9.17, 15) is 0 Å². The minimum absolute atomic E-state index is 0. The molecule has 0 fully saturated rings. The maximum atomic E-state index is 7.74. The van der Waals surface area contributed by atoms with E-state index < -0.39 is 0 Å². The van der Waals surface area contributed by atoms with Crippen molar-refractivity contribution in [2.45, 2.75) is 110 Å². The first-order chi connectivity index (χ1) is 10.7. The van der Waals surface area contributed by atoms with Crippen LogP contribution in [0.4, 0.5) is 0 Å². The van der Waals surface area contributed by atoms with Crippen molar-refractivity contribution >= 4 is 18.2 Å². The monoisotopic (exact) mass is 346 g/mol. The highest BCUT2D eigenvalue weighted by atomic mass is 35.5. The van der Waals surface area contributed by atoms with Crippen LogP contribution in [0, 0.1) is 5.41 Å². The third-order valence-corrected chi connectivity index (χ3v) is 4.56. The molecule has 0 saturated heterocycles. The van der Waals surface area contributed by atoms with Gasteiger partial charge in [0.25, 0.3) is 0 Å². The van der Waals surface area contributed by atoms with E-state index in [4.69, 9.17) is 5.41 Å². The van der Waals surface area contributed by atoms with Crippen molar-refractivity contribution in [3.63, 3.8) is 0 Å². The average Bonchev–Trinajstić information content (AvgIpc) is 2.50. The summed E-state index contributed by atoms with van der Waals surface area (Å²) in [5.41, 5.74) is 0. The van der Waals surface area contributed by atoms with Crippen LogP contribution in [0.25, 0.3) is 0 Å². The number of nitrogens with zero attached hydrogens (tertiary/aromatic N) is 1. The molecule has 0 aliphatic heterocycles. The van der Waals surface area contributed by atoms with E-state index >= 15 is 0 Å². The average molecular weight is 347 g/mol. The Kier molecular flexibility index (Phi) is 21.5. The van der Waals surface area contributed by atoms with Crippen molar-refractivity contribution in [1.29, 1.82) is 5.41 Å². The molecule has 0 aromatic rings. The summed E-state index contributed by atoms with van der Waals surface area (Å²) in [6.45, 7) is 2.29. The van der Waals surface area contributed by atoms with E-state index in [1.165, 1.54) is 96.3 Å². The second kappa shape index (κ2) is 19.8. The zero-order valence-corrected chi connectivity index (χ0v) is 17.0. The Morgan fingerprint density at radius 3 is 1.22 bits per heavy atom. The lowest BCUT2D eigenvalue weighted by atomic mass is 10.0. The minimum Gasteiger partial charge on any atom is -0.367 e. The standard InChI is InChI=1S/C20H42N2.ClH/c1-4-5-6-7-8-9-10-11-12-13-14-15-16-17-18-19-20(21)22(2)3;/h21H,4-19H2,1-3H3;1H. The van der Waals surface area contributed by atoms with Gasteiger partial charge in [0.1, 0.15) is 0 Å². The van der Waals surface area contributed by atoms with Crippen LogP contribution in [-0.2, 0) is 0 Å². The Bertz CT molecular complexity index is 242. The fourth-order valence-corrected chi connectivity index (χ4v) is 2.89. The summed E-state index contributed by atoms with van der Waals surface area (Å²) in [6.07, 6.45) is 22.0. The zero-order chi connectivity index (χ0) is 16.5. The van der Waals surface area contributed by atoms with Gasteiger partial charge >= 0.3 is 0 Å². The number of hydrogen-bond acceptors (Lipinski definition) is 1. The van der Waals surface area contributed by atoms with Gasteiger partial charge in [-0.15, -0.1) is 12.4 Å². The van der Waals surface area contributed by atoms with Crippen LogP contribution in [0.1, 0.15) is 110 Å². The molecule has 0 atom stereocenters. The summed E-state index contributed by atoms with van der Waals surface area (Å²) in [5, 5.41) is 7.74. The van der Waals surface area contributed by atoms with Gasteiger partial charge in [0, 0.05) is 20.5 Å². The molecular formula is C20H43ClN2. The van der Waals surface area contributed by atoms with Crippen LogP contribution in [0.2, 0.25) is 0 Å². The Hall–Kier alpha value is -0.240. The molecule has 3 heteroatoms. The Balaban J connectivity index is 0. The summed E-state index contributed by atoms with van der Waals surface area (Å²) in [4.78, 5) is 1.92. The molecule has 0 unspecified atom stereocenters. The number of hydrogen-bond donors (Lipinski definition) is 1. The summed E-state index contributed by atoms with van der Waals surface area (Å²) >= 11 is 0. The van der Waals surface area contributed by atoms with Gasteiger partial charge in [-0.1, -0.05) is 96.8 Å². The van der Waals surface area contributed by atoms with E-state index in [1.54, 1.807) is 0 Å². The van der Waals surface area contributed by atoms with E-state index in [2.05, 4.69) is 6.92 Å². The van der Waals surface area contributed by atoms with E-state index in [-0.39, 0.29) is 12.4 Å². The normalized spacial score (nSPS) is 10.4. The van der Waals surface area contributed by atoms with Crippen LogP contribution in [0.3, 0.4) is 0 Å². The third kappa shape index (κ3) is 19.7. The first kappa shape index (κ1) is 25.0. The zero-order valence-electron chi connectivity index (χ0n) is 16.2. The van der Waals surface area contributed by atoms with Crippen molar-refractivity contribution in [3.05, 3.63) is 0 Å². The van der Waals surface area contributed by atoms with Gasteiger partial charge in [-0.25, -0.2) is 0 Å². The molecule has 2 nitrogen and oxygen atoms in total. The molecule has 0 aromatic heterocycles. The molecule has 0 rings (SSSR count). The molecule has 0 heterocycles. The van der Waals surface area contributed by atoms with Gasteiger partial charge < -0.3 is 4.90 Å². The van der Waals surface area contributed by atoms with Crippen molar-refractivity contribution in [2.24, 2.45) is 0 Å². The van der Waals surface area contributed by atoms with Gasteiger partial charge in [-0.2, -0.15) is 0 Å². The van der Waals surface area contributed by atoms with Crippen LogP contribution in [-0.4, -0.2) is 24.8 Å². The highest BCUT2D eigenvalue weighted by molar-refractivity contribution is 5.85. The van der Waals surface area contributed by atoms with Crippen LogP contribution >= 0.6 is 12.4 Å². The fourth-order valence-electron chi connectivity index (χ4n) is 2.89. The highest BCUT2D eigenvalue weighted by Gasteiger charge is 1.98. The van der Waals surface area contributed by atoms with Crippen LogP contribution in [0.5, 0.6) is 0 Å². The molecule has 0 radical (unpaired) electrons. The maximum Gasteiger partial charge on any atom is 0.0952 e. The van der Waals surface area contributed by atoms with Gasteiger partial charge in [-0.3, -0.25) is 5.41 Å². The van der Waals surface area contributed by atoms with Crippen molar-refractivity contribution in [1.82, 2.24) is 4.90 Å². The molecule has 0 aliphatic rings. The number of rotatable bonds is 16. The van der Waals surface area contributed by atoms with Crippen LogP contribution in [0.15, 0.2) is 0 Å². The number of halogens is 1. The summed E-state index contributed by atoms with van der Waals surface area (Å²) in [6, 6.07) is 0. The van der Waals surface area contributed by atoms with Crippen molar-refractivity contribution < 1.29 is 0 Å². The lowest BCUT2D eigenvalue weighted by Crippen LogP contribution is -2.20. The molecule has 0 aliphatic carbocycles. The van der Waals surface area contributed by atoms with Gasteiger partial charge in [0.05, 0.1) is 5.84 Å². The molecule has 140 valence electrons. The summed E-state index contributed by atoms with van der Waals surface area (Å²) in [7, 11) is 3.93. The van der Waals surface area contributed by atoms with E-state index in [1.807, 2.05) is 19.0 Å². The molecular weight excluding hydrogens is 304 g/mol. The second-order valence-corrected chi connectivity index (χ2v) is 7.04. The fraction of sp³-hybridized carbons (Fsp3) is 0.950. The highest BCUT2D eigenvalue weighted by Crippen LogP contribution is 2.13. The first-order valence-corrected chi connectivity index (χ1v) is 9.93. The maximum absolute atomic E-state index is 7.74. The molecule has 1 N–H and O–H groups in total. The smallest absolute Gasteiger partial charge is 0.0952 e. The summed E-state index contributed by atoms with van der Waals surface area (Å²) in [5.74, 6) is 0.773. The summed E-state index contributed by atoms with van der Waals surface area (Å²) < 4.78 is 0. The first-order valence-electron chi connectivity index (χ1n) is 9.93. The third-order valence-electron chi connectivity index (χ3n) is 4.56. The molecule has 0 saturated carbocycles. The van der Waals surface area contributed by atoms with Gasteiger partial charge in [-0.05, 0) is 6.42 Å². The van der Waals surface area contributed by atoms with Crippen LogP contribution < -0.4 is 0 Å². The largest absolute Gasteiger partial charge is 0.367 e. The number of amidine groups is 1. The Labute approximate surface area is 152 Å². The molecule has 0 aromatic carbocycles.